The SMILES string of the molecule is Cc1ccccc1C(=O)Nc1sc2c(c1C(=O)Nc1ccccc1)CCCC2. The molecule has 3 aromatic rings. The van der Waals surface area contributed by atoms with Crippen LogP contribution in [0.1, 0.15) is 49.6 Å². The van der Waals surface area contributed by atoms with Crippen molar-refractivity contribution in [3.05, 3.63) is 81.7 Å². The van der Waals surface area contributed by atoms with Crippen LogP contribution >= 0.6 is 11.3 Å². The van der Waals surface area contributed by atoms with Gasteiger partial charge in [0.25, 0.3) is 11.8 Å². The molecular formula is C23H22N2O2S. The van der Waals surface area contributed by atoms with Crippen molar-refractivity contribution in [3.8, 4) is 0 Å². The van der Waals surface area contributed by atoms with Crippen LogP contribution in [0.4, 0.5) is 10.7 Å². The lowest BCUT2D eigenvalue weighted by Crippen LogP contribution is -2.19. The number of nitrogens with one attached hydrogen (secondary N) is 2. The second-order valence-electron chi connectivity index (χ2n) is 7.00. The van der Waals surface area contributed by atoms with Crippen LogP contribution in [0.25, 0.3) is 0 Å². The van der Waals surface area contributed by atoms with Gasteiger partial charge < -0.3 is 10.6 Å². The summed E-state index contributed by atoms with van der Waals surface area (Å²) in [6.07, 6.45) is 4.04. The fraction of sp³-hybridized carbons (Fsp3) is 0.217. The standard InChI is InChI=1S/C23H22N2O2S/c1-15-9-5-6-12-17(15)21(26)25-23-20(18-13-7-8-14-19(18)28-23)22(27)24-16-10-3-2-4-11-16/h2-6,9-12H,7-8,13-14H2,1H3,(H,24,27)(H,25,26). The number of carbonyl (C=O) groups excluding carboxylic acids is 2. The van der Waals surface area contributed by atoms with Gasteiger partial charge in [0.1, 0.15) is 5.00 Å². The molecule has 0 unspecified atom stereocenters. The van der Waals surface area contributed by atoms with Crippen LogP contribution in [-0.2, 0) is 12.8 Å². The number of thiophene rings is 1. The lowest BCUT2D eigenvalue weighted by molar-refractivity contribution is 0.102. The van der Waals surface area contributed by atoms with E-state index in [2.05, 4.69) is 10.6 Å². The van der Waals surface area contributed by atoms with Crippen molar-refractivity contribution in [2.75, 3.05) is 10.6 Å². The summed E-state index contributed by atoms with van der Waals surface area (Å²) in [5.74, 6) is -0.337. The van der Waals surface area contributed by atoms with E-state index in [1.54, 1.807) is 0 Å². The minimum atomic E-state index is -0.176. The van der Waals surface area contributed by atoms with E-state index in [0.29, 0.717) is 16.1 Å². The molecule has 0 fully saturated rings. The number of benzene rings is 2. The zero-order chi connectivity index (χ0) is 19.5. The predicted molar refractivity (Wildman–Crippen MR) is 114 cm³/mol. The van der Waals surface area contributed by atoms with E-state index in [1.807, 2.05) is 61.5 Å². The van der Waals surface area contributed by atoms with E-state index in [1.165, 1.54) is 16.2 Å². The summed E-state index contributed by atoms with van der Waals surface area (Å²) < 4.78 is 0. The van der Waals surface area contributed by atoms with Crippen molar-refractivity contribution in [2.45, 2.75) is 32.6 Å². The first-order chi connectivity index (χ1) is 13.6. The Labute approximate surface area is 168 Å². The molecule has 0 spiro atoms. The van der Waals surface area contributed by atoms with Crippen molar-refractivity contribution in [1.29, 1.82) is 0 Å². The van der Waals surface area contributed by atoms with Gasteiger partial charge in [-0.15, -0.1) is 11.3 Å². The number of carbonyl (C=O) groups is 2. The first-order valence-corrected chi connectivity index (χ1v) is 10.3. The van der Waals surface area contributed by atoms with Crippen LogP contribution < -0.4 is 10.6 Å². The van der Waals surface area contributed by atoms with E-state index in [0.717, 1.165) is 42.5 Å². The molecule has 28 heavy (non-hydrogen) atoms. The molecule has 4 nitrogen and oxygen atoms in total. The van der Waals surface area contributed by atoms with Gasteiger partial charge in [0.05, 0.1) is 5.56 Å². The molecular weight excluding hydrogens is 368 g/mol. The predicted octanol–water partition coefficient (Wildman–Crippen LogP) is 5.44. The van der Waals surface area contributed by atoms with Crippen LogP contribution in [0.5, 0.6) is 0 Å². The number of rotatable bonds is 4. The molecule has 1 aliphatic rings. The average molecular weight is 391 g/mol. The van der Waals surface area contributed by atoms with Crippen LogP contribution in [-0.4, -0.2) is 11.8 Å². The highest BCUT2D eigenvalue weighted by Gasteiger charge is 2.26. The third kappa shape index (κ3) is 3.71. The molecule has 0 radical (unpaired) electrons. The third-order valence-electron chi connectivity index (χ3n) is 5.05. The van der Waals surface area contributed by atoms with Crippen molar-refractivity contribution < 1.29 is 9.59 Å². The Hall–Kier alpha value is -2.92. The largest absolute Gasteiger partial charge is 0.322 e. The summed E-state index contributed by atoms with van der Waals surface area (Å²) in [4.78, 5) is 27.2. The maximum Gasteiger partial charge on any atom is 0.258 e. The monoisotopic (exact) mass is 390 g/mol. The Morgan fingerprint density at radius 2 is 1.57 bits per heavy atom. The molecule has 2 N–H and O–H groups in total. The minimum Gasteiger partial charge on any atom is -0.322 e. The van der Waals surface area contributed by atoms with Gasteiger partial charge in [-0.2, -0.15) is 0 Å². The highest BCUT2D eigenvalue weighted by atomic mass is 32.1. The number of hydrogen-bond acceptors (Lipinski definition) is 3. The van der Waals surface area contributed by atoms with Gasteiger partial charge in [0.2, 0.25) is 0 Å². The Morgan fingerprint density at radius 3 is 2.36 bits per heavy atom. The number of fused-ring (bicyclic) bond motifs is 1. The lowest BCUT2D eigenvalue weighted by Gasteiger charge is -2.13. The number of hydrogen-bond donors (Lipinski definition) is 2. The Kier molecular flexibility index (Phi) is 5.26. The quantitative estimate of drug-likeness (QED) is 0.623. The van der Waals surface area contributed by atoms with Crippen LogP contribution in [0, 0.1) is 6.92 Å². The highest BCUT2D eigenvalue weighted by Crippen LogP contribution is 2.38. The van der Waals surface area contributed by atoms with Crippen molar-refractivity contribution in [3.63, 3.8) is 0 Å². The topological polar surface area (TPSA) is 58.2 Å². The molecule has 4 rings (SSSR count). The van der Waals surface area contributed by atoms with Gasteiger partial charge in [0, 0.05) is 16.1 Å². The van der Waals surface area contributed by atoms with Crippen molar-refractivity contribution in [1.82, 2.24) is 0 Å². The molecule has 0 atom stereocenters. The minimum absolute atomic E-state index is 0.161. The maximum absolute atomic E-state index is 13.1. The Bertz CT molecular complexity index is 1020. The van der Waals surface area contributed by atoms with Gasteiger partial charge in [-0.05, 0) is 61.9 Å². The van der Waals surface area contributed by atoms with Gasteiger partial charge >= 0.3 is 0 Å². The smallest absolute Gasteiger partial charge is 0.258 e. The summed E-state index contributed by atoms with van der Waals surface area (Å²) in [6.45, 7) is 1.91. The van der Waals surface area contributed by atoms with Gasteiger partial charge in [-0.25, -0.2) is 0 Å². The van der Waals surface area contributed by atoms with Crippen molar-refractivity contribution >= 4 is 33.8 Å². The first kappa shape index (κ1) is 18.4. The number of para-hydroxylation sites is 1. The summed E-state index contributed by atoms with van der Waals surface area (Å²) >= 11 is 1.54. The van der Waals surface area contributed by atoms with Crippen LogP contribution in [0.3, 0.4) is 0 Å². The zero-order valence-electron chi connectivity index (χ0n) is 15.7. The molecule has 1 heterocycles. The molecule has 2 amide bonds. The van der Waals surface area contributed by atoms with Crippen molar-refractivity contribution in [2.24, 2.45) is 0 Å². The second-order valence-corrected chi connectivity index (χ2v) is 8.11. The fourth-order valence-corrected chi connectivity index (χ4v) is 4.89. The number of aryl methyl sites for hydroxylation is 2. The number of amides is 2. The van der Waals surface area contributed by atoms with Gasteiger partial charge in [0.15, 0.2) is 0 Å². The van der Waals surface area contributed by atoms with E-state index >= 15 is 0 Å². The highest BCUT2D eigenvalue weighted by molar-refractivity contribution is 7.17. The van der Waals surface area contributed by atoms with E-state index in [9.17, 15) is 9.59 Å². The molecule has 1 aromatic heterocycles. The summed E-state index contributed by atoms with van der Waals surface area (Å²) in [6, 6.07) is 16.9. The molecule has 0 bridgehead atoms. The Morgan fingerprint density at radius 1 is 0.857 bits per heavy atom. The van der Waals surface area contributed by atoms with Crippen LogP contribution in [0.15, 0.2) is 54.6 Å². The molecule has 0 aliphatic heterocycles. The molecule has 1 aliphatic carbocycles. The lowest BCUT2D eigenvalue weighted by atomic mass is 9.95. The average Bonchev–Trinajstić information content (AvgIpc) is 3.07. The summed E-state index contributed by atoms with van der Waals surface area (Å²) in [7, 11) is 0. The normalized spacial score (nSPS) is 12.9. The number of anilines is 2. The van der Waals surface area contributed by atoms with Crippen LogP contribution in [0.2, 0.25) is 0 Å². The first-order valence-electron chi connectivity index (χ1n) is 9.51. The fourth-order valence-electron chi connectivity index (χ4n) is 3.61. The third-order valence-corrected chi connectivity index (χ3v) is 6.25. The molecule has 142 valence electrons. The second kappa shape index (κ2) is 7.98. The molecule has 2 aromatic carbocycles. The Balaban J connectivity index is 1.67. The molecule has 0 saturated heterocycles. The summed E-state index contributed by atoms with van der Waals surface area (Å²) in [5.41, 5.74) is 3.99. The molecule has 5 heteroatoms. The van der Waals surface area contributed by atoms with Gasteiger partial charge in [-0.3, -0.25) is 9.59 Å². The van der Waals surface area contributed by atoms with Gasteiger partial charge in [-0.1, -0.05) is 36.4 Å². The van der Waals surface area contributed by atoms with E-state index in [-0.39, 0.29) is 11.8 Å². The maximum atomic E-state index is 13.1. The van der Waals surface area contributed by atoms with E-state index < -0.39 is 0 Å². The van der Waals surface area contributed by atoms with E-state index in [4.69, 9.17) is 0 Å². The zero-order valence-corrected chi connectivity index (χ0v) is 16.6. The molecule has 0 saturated carbocycles. The summed E-state index contributed by atoms with van der Waals surface area (Å²) in [5, 5.41) is 6.63.